The minimum atomic E-state index is 1.08. The molecule has 1 aromatic rings. The Labute approximate surface area is 74.0 Å². The lowest BCUT2D eigenvalue weighted by atomic mass is 10.1. The Hall–Kier alpha value is -0.820. The summed E-state index contributed by atoms with van der Waals surface area (Å²) in [6.07, 6.45) is 1.36. The first-order chi connectivity index (χ1) is 5.86. The number of hydrogen-bond donors (Lipinski definition) is 0. The molecule has 0 atom stereocenters. The molecule has 0 aliphatic carbocycles. The first-order valence-corrected chi connectivity index (χ1v) is 4.48. The van der Waals surface area contributed by atoms with Crippen LogP contribution in [-0.2, 0) is 6.54 Å². The van der Waals surface area contributed by atoms with Gasteiger partial charge in [-0.2, -0.15) is 0 Å². The maximum absolute atomic E-state index is 4.01. The molecule has 1 nitrogen and oxygen atoms in total. The van der Waals surface area contributed by atoms with E-state index in [4.69, 9.17) is 0 Å². The lowest BCUT2D eigenvalue weighted by Crippen LogP contribution is -2.36. The van der Waals surface area contributed by atoms with E-state index in [9.17, 15) is 0 Å². The molecule has 0 bridgehead atoms. The Morgan fingerprint density at radius 3 is 2.58 bits per heavy atom. The molecule has 2 rings (SSSR count). The third-order valence-electron chi connectivity index (χ3n) is 2.46. The largest absolute Gasteiger partial charge is 0.299 e. The van der Waals surface area contributed by atoms with Gasteiger partial charge in [0.2, 0.25) is 0 Å². The van der Waals surface area contributed by atoms with E-state index in [-0.39, 0.29) is 0 Å². The Morgan fingerprint density at radius 2 is 2.00 bits per heavy atom. The molecule has 1 heterocycles. The molecule has 12 heavy (non-hydrogen) atoms. The molecular formula is C11H14N. The Morgan fingerprint density at radius 1 is 1.25 bits per heavy atom. The summed E-state index contributed by atoms with van der Waals surface area (Å²) in [7, 11) is 0. The van der Waals surface area contributed by atoms with Crippen molar-refractivity contribution in [2.45, 2.75) is 13.0 Å². The molecule has 0 unspecified atom stereocenters. The predicted octanol–water partition coefficient (Wildman–Crippen LogP) is 2.07. The lowest BCUT2D eigenvalue weighted by molar-refractivity contribution is 0.172. The van der Waals surface area contributed by atoms with E-state index < -0.39 is 0 Å². The number of nitrogens with zero attached hydrogens (tertiary/aromatic N) is 1. The molecule has 1 heteroatoms. The molecule has 1 aromatic carbocycles. The van der Waals surface area contributed by atoms with Crippen LogP contribution in [0, 0.1) is 6.92 Å². The minimum absolute atomic E-state index is 1.08. The van der Waals surface area contributed by atoms with Crippen molar-refractivity contribution in [1.82, 2.24) is 4.90 Å². The summed E-state index contributed by atoms with van der Waals surface area (Å²) in [5, 5.41) is 0. The van der Waals surface area contributed by atoms with Gasteiger partial charge in [0, 0.05) is 6.54 Å². The highest BCUT2D eigenvalue weighted by Crippen LogP contribution is 2.14. The van der Waals surface area contributed by atoms with Crippen molar-refractivity contribution in [3.8, 4) is 0 Å². The Kier molecular flexibility index (Phi) is 2.13. The second kappa shape index (κ2) is 3.28. The smallest absolute Gasteiger partial charge is 0.0236 e. The molecule has 0 spiro atoms. The summed E-state index contributed by atoms with van der Waals surface area (Å²) < 4.78 is 0. The molecule has 0 saturated carbocycles. The number of benzene rings is 1. The Balaban J connectivity index is 2.06. The van der Waals surface area contributed by atoms with E-state index in [0.29, 0.717) is 0 Å². The zero-order valence-corrected chi connectivity index (χ0v) is 7.29. The highest BCUT2D eigenvalue weighted by atomic mass is 15.2. The second-order valence-electron chi connectivity index (χ2n) is 3.40. The molecule has 1 aliphatic heterocycles. The highest BCUT2D eigenvalue weighted by molar-refractivity contribution is 5.29. The molecule has 1 radical (unpaired) electrons. The van der Waals surface area contributed by atoms with Crippen molar-refractivity contribution in [3.05, 3.63) is 42.3 Å². The third kappa shape index (κ3) is 1.51. The van der Waals surface area contributed by atoms with Gasteiger partial charge in [0.1, 0.15) is 0 Å². The van der Waals surface area contributed by atoms with Crippen LogP contribution in [0.4, 0.5) is 0 Å². The van der Waals surface area contributed by atoms with Crippen molar-refractivity contribution in [2.24, 2.45) is 0 Å². The van der Waals surface area contributed by atoms with Crippen molar-refractivity contribution in [3.63, 3.8) is 0 Å². The van der Waals surface area contributed by atoms with Crippen molar-refractivity contribution < 1.29 is 0 Å². The van der Waals surface area contributed by atoms with E-state index in [2.05, 4.69) is 30.0 Å². The van der Waals surface area contributed by atoms with Crippen LogP contribution in [0.3, 0.4) is 0 Å². The first kappa shape index (κ1) is 7.81. The van der Waals surface area contributed by atoms with Crippen molar-refractivity contribution in [2.75, 3.05) is 13.1 Å². The monoisotopic (exact) mass is 160 g/mol. The summed E-state index contributed by atoms with van der Waals surface area (Å²) in [6, 6.07) is 8.38. The standard InChI is InChI=1S/C11H14N/c1-10-5-2-3-6-11(10)9-12-7-4-8-12/h2-3,5-6H,1,4,7-9H2. The first-order valence-electron chi connectivity index (χ1n) is 4.48. The fourth-order valence-electron chi connectivity index (χ4n) is 1.49. The lowest BCUT2D eigenvalue weighted by Gasteiger charge is -2.31. The fraction of sp³-hybridized carbons (Fsp3) is 0.364. The van der Waals surface area contributed by atoms with Gasteiger partial charge in [-0.15, -0.1) is 0 Å². The third-order valence-corrected chi connectivity index (χ3v) is 2.46. The normalized spacial score (nSPS) is 17.4. The number of likely N-dealkylation sites (tertiary alicyclic amines) is 1. The topological polar surface area (TPSA) is 3.24 Å². The van der Waals surface area contributed by atoms with Gasteiger partial charge in [0.25, 0.3) is 0 Å². The molecule has 1 fully saturated rings. The summed E-state index contributed by atoms with van der Waals surface area (Å²) in [5.74, 6) is 0. The molecular weight excluding hydrogens is 146 g/mol. The van der Waals surface area contributed by atoms with E-state index in [1.807, 2.05) is 6.07 Å². The van der Waals surface area contributed by atoms with Crippen LogP contribution >= 0.6 is 0 Å². The van der Waals surface area contributed by atoms with Gasteiger partial charge in [-0.1, -0.05) is 24.3 Å². The predicted molar refractivity (Wildman–Crippen MR) is 50.8 cm³/mol. The number of rotatable bonds is 2. The average Bonchev–Trinajstić information content (AvgIpc) is 2.00. The van der Waals surface area contributed by atoms with Crippen LogP contribution in [0.15, 0.2) is 24.3 Å². The minimum Gasteiger partial charge on any atom is -0.299 e. The van der Waals surface area contributed by atoms with Crippen LogP contribution in [0.25, 0.3) is 0 Å². The van der Waals surface area contributed by atoms with E-state index in [1.165, 1.54) is 30.6 Å². The van der Waals surface area contributed by atoms with Gasteiger partial charge in [0.05, 0.1) is 0 Å². The van der Waals surface area contributed by atoms with Crippen LogP contribution < -0.4 is 0 Å². The van der Waals surface area contributed by atoms with Crippen LogP contribution in [0.2, 0.25) is 0 Å². The van der Waals surface area contributed by atoms with E-state index in [0.717, 1.165) is 6.54 Å². The highest BCUT2D eigenvalue weighted by Gasteiger charge is 2.13. The molecule has 0 N–H and O–H groups in total. The van der Waals surface area contributed by atoms with Crippen LogP contribution in [0.1, 0.15) is 17.5 Å². The second-order valence-corrected chi connectivity index (χ2v) is 3.40. The summed E-state index contributed by atoms with van der Waals surface area (Å²) >= 11 is 0. The SMILES string of the molecule is [CH2]c1ccccc1CN1CCC1. The molecule has 0 aromatic heterocycles. The zero-order chi connectivity index (χ0) is 8.39. The van der Waals surface area contributed by atoms with Gasteiger partial charge >= 0.3 is 0 Å². The van der Waals surface area contributed by atoms with Gasteiger partial charge in [-0.05, 0) is 37.6 Å². The van der Waals surface area contributed by atoms with Gasteiger partial charge in [0.15, 0.2) is 0 Å². The summed E-state index contributed by atoms with van der Waals surface area (Å²) in [4.78, 5) is 2.45. The maximum atomic E-state index is 4.01. The molecule has 1 saturated heterocycles. The zero-order valence-electron chi connectivity index (χ0n) is 7.29. The number of hydrogen-bond acceptors (Lipinski definition) is 1. The average molecular weight is 160 g/mol. The molecule has 1 aliphatic rings. The van der Waals surface area contributed by atoms with E-state index >= 15 is 0 Å². The fourth-order valence-corrected chi connectivity index (χ4v) is 1.49. The summed E-state index contributed by atoms with van der Waals surface area (Å²) in [5.41, 5.74) is 2.54. The van der Waals surface area contributed by atoms with E-state index in [1.54, 1.807) is 0 Å². The Bertz CT molecular complexity index is 263. The quantitative estimate of drug-likeness (QED) is 0.640. The summed E-state index contributed by atoms with van der Waals surface area (Å²) in [6.45, 7) is 7.60. The van der Waals surface area contributed by atoms with Gasteiger partial charge in [-0.25, -0.2) is 0 Å². The maximum Gasteiger partial charge on any atom is 0.0236 e. The van der Waals surface area contributed by atoms with Gasteiger partial charge in [-0.3, -0.25) is 4.90 Å². The van der Waals surface area contributed by atoms with Crippen LogP contribution in [-0.4, -0.2) is 18.0 Å². The molecule has 0 amide bonds. The van der Waals surface area contributed by atoms with Crippen molar-refractivity contribution in [1.29, 1.82) is 0 Å². The van der Waals surface area contributed by atoms with Gasteiger partial charge < -0.3 is 0 Å². The van der Waals surface area contributed by atoms with Crippen LogP contribution in [0.5, 0.6) is 0 Å². The van der Waals surface area contributed by atoms with Crippen molar-refractivity contribution >= 4 is 0 Å². The molecule has 63 valence electrons.